The molecule has 2 rings (SSSR count). The SMILES string of the molecule is O=Cc1ccccc1CCNc1ccccc1[N+](=O)[O-]. The summed E-state index contributed by atoms with van der Waals surface area (Å²) in [6, 6.07) is 13.8. The second-order valence-corrected chi connectivity index (χ2v) is 4.27. The Bertz CT molecular complexity index is 626. The quantitative estimate of drug-likeness (QED) is 0.497. The third-order valence-corrected chi connectivity index (χ3v) is 2.99. The number of anilines is 1. The zero-order chi connectivity index (χ0) is 14.4. The summed E-state index contributed by atoms with van der Waals surface area (Å²) in [5.41, 5.74) is 2.11. The molecule has 20 heavy (non-hydrogen) atoms. The van der Waals surface area contributed by atoms with Gasteiger partial charge >= 0.3 is 0 Å². The van der Waals surface area contributed by atoms with Crippen molar-refractivity contribution in [1.29, 1.82) is 0 Å². The van der Waals surface area contributed by atoms with E-state index >= 15 is 0 Å². The van der Waals surface area contributed by atoms with E-state index in [1.165, 1.54) is 6.07 Å². The van der Waals surface area contributed by atoms with Crippen LogP contribution in [0.4, 0.5) is 11.4 Å². The number of aldehydes is 1. The van der Waals surface area contributed by atoms with E-state index in [2.05, 4.69) is 5.32 Å². The molecule has 0 atom stereocenters. The molecule has 0 aromatic heterocycles. The molecule has 0 aliphatic carbocycles. The van der Waals surface area contributed by atoms with Gasteiger partial charge in [-0.05, 0) is 18.1 Å². The molecule has 0 unspecified atom stereocenters. The Kier molecular flexibility index (Phi) is 4.44. The van der Waals surface area contributed by atoms with Gasteiger partial charge < -0.3 is 5.32 Å². The highest BCUT2D eigenvalue weighted by atomic mass is 16.6. The number of para-hydroxylation sites is 2. The molecule has 2 aromatic rings. The van der Waals surface area contributed by atoms with Crippen LogP contribution in [-0.4, -0.2) is 17.8 Å². The molecule has 1 N–H and O–H groups in total. The van der Waals surface area contributed by atoms with Crippen LogP contribution in [0.25, 0.3) is 0 Å². The molecule has 0 saturated carbocycles. The molecule has 0 heterocycles. The predicted octanol–water partition coefficient (Wildman–Crippen LogP) is 3.06. The van der Waals surface area contributed by atoms with Crippen molar-refractivity contribution >= 4 is 17.7 Å². The summed E-state index contributed by atoms with van der Waals surface area (Å²) < 4.78 is 0. The maximum atomic E-state index is 10.9. The van der Waals surface area contributed by atoms with Crippen LogP contribution in [0, 0.1) is 10.1 Å². The average Bonchev–Trinajstić information content (AvgIpc) is 2.48. The van der Waals surface area contributed by atoms with Crippen molar-refractivity contribution in [3.05, 3.63) is 69.8 Å². The van der Waals surface area contributed by atoms with Gasteiger partial charge in [0.1, 0.15) is 12.0 Å². The lowest BCUT2D eigenvalue weighted by Crippen LogP contribution is -2.08. The zero-order valence-electron chi connectivity index (χ0n) is 10.8. The number of nitrogens with zero attached hydrogens (tertiary/aromatic N) is 1. The first-order chi connectivity index (χ1) is 9.72. The van der Waals surface area contributed by atoms with E-state index in [1.807, 2.05) is 18.2 Å². The summed E-state index contributed by atoms with van der Waals surface area (Å²) in [7, 11) is 0. The van der Waals surface area contributed by atoms with Gasteiger partial charge in [-0.25, -0.2) is 0 Å². The lowest BCUT2D eigenvalue weighted by atomic mass is 10.1. The van der Waals surface area contributed by atoms with Gasteiger partial charge in [0.2, 0.25) is 0 Å². The molecule has 0 fully saturated rings. The molecule has 2 aromatic carbocycles. The Morgan fingerprint density at radius 2 is 1.80 bits per heavy atom. The van der Waals surface area contributed by atoms with Gasteiger partial charge in [0, 0.05) is 18.2 Å². The number of benzene rings is 2. The molecule has 0 saturated heterocycles. The molecular formula is C15H14N2O3. The first-order valence-corrected chi connectivity index (χ1v) is 6.22. The van der Waals surface area contributed by atoms with Crippen LogP contribution in [0.5, 0.6) is 0 Å². The molecule has 5 heteroatoms. The van der Waals surface area contributed by atoms with Crippen molar-refractivity contribution in [2.24, 2.45) is 0 Å². The molecule has 0 amide bonds. The summed E-state index contributed by atoms with van der Waals surface area (Å²) in [4.78, 5) is 21.4. The predicted molar refractivity (Wildman–Crippen MR) is 77.1 cm³/mol. The van der Waals surface area contributed by atoms with Gasteiger partial charge in [0.25, 0.3) is 5.69 Å². The van der Waals surface area contributed by atoms with E-state index in [9.17, 15) is 14.9 Å². The molecule has 0 bridgehead atoms. The fourth-order valence-corrected chi connectivity index (χ4v) is 1.99. The molecular weight excluding hydrogens is 256 g/mol. The second-order valence-electron chi connectivity index (χ2n) is 4.27. The maximum absolute atomic E-state index is 10.9. The van der Waals surface area contributed by atoms with E-state index in [-0.39, 0.29) is 5.69 Å². The maximum Gasteiger partial charge on any atom is 0.292 e. The summed E-state index contributed by atoms with van der Waals surface area (Å²) in [6.07, 6.45) is 1.45. The minimum atomic E-state index is -0.415. The standard InChI is InChI=1S/C15H14N2O3/c18-11-13-6-2-1-5-12(13)9-10-16-14-7-3-4-8-15(14)17(19)20/h1-8,11,16H,9-10H2. The fourth-order valence-electron chi connectivity index (χ4n) is 1.99. The first kappa shape index (κ1) is 13.7. The highest BCUT2D eigenvalue weighted by molar-refractivity contribution is 5.77. The number of hydrogen-bond acceptors (Lipinski definition) is 4. The summed E-state index contributed by atoms with van der Waals surface area (Å²) in [5.74, 6) is 0. The third kappa shape index (κ3) is 3.20. The Balaban J connectivity index is 2.03. The Morgan fingerprint density at radius 1 is 1.10 bits per heavy atom. The highest BCUT2D eigenvalue weighted by Crippen LogP contribution is 2.23. The topological polar surface area (TPSA) is 72.2 Å². The Hall–Kier alpha value is -2.69. The van der Waals surface area contributed by atoms with Gasteiger partial charge in [-0.3, -0.25) is 14.9 Å². The Labute approximate surface area is 116 Å². The van der Waals surface area contributed by atoms with E-state index in [1.54, 1.807) is 24.3 Å². The number of hydrogen-bond donors (Lipinski definition) is 1. The Morgan fingerprint density at radius 3 is 2.55 bits per heavy atom. The summed E-state index contributed by atoms with van der Waals surface area (Å²) in [6.45, 7) is 0.524. The van der Waals surface area contributed by atoms with Crippen molar-refractivity contribution in [3.8, 4) is 0 Å². The van der Waals surface area contributed by atoms with Crippen LogP contribution in [0.2, 0.25) is 0 Å². The zero-order valence-corrected chi connectivity index (χ0v) is 10.8. The lowest BCUT2D eigenvalue weighted by Gasteiger charge is -2.08. The van der Waals surface area contributed by atoms with Crippen molar-refractivity contribution in [2.75, 3.05) is 11.9 Å². The summed E-state index contributed by atoms with van der Waals surface area (Å²) in [5, 5.41) is 13.9. The van der Waals surface area contributed by atoms with Crippen LogP contribution < -0.4 is 5.32 Å². The van der Waals surface area contributed by atoms with E-state index in [0.29, 0.717) is 24.2 Å². The molecule has 0 spiro atoms. The van der Waals surface area contributed by atoms with Crippen LogP contribution in [0.1, 0.15) is 15.9 Å². The largest absolute Gasteiger partial charge is 0.379 e. The molecule has 0 aliphatic rings. The highest BCUT2D eigenvalue weighted by Gasteiger charge is 2.11. The number of nitro groups is 1. The van der Waals surface area contributed by atoms with Crippen molar-refractivity contribution in [1.82, 2.24) is 0 Å². The minimum absolute atomic E-state index is 0.0520. The molecule has 0 aliphatic heterocycles. The minimum Gasteiger partial charge on any atom is -0.379 e. The smallest absolute Gasteiger partial charge is 0.292 e. The normalized spacial score (nSPS) is 10.0. The fraction of sp³-hybridized carbons (Fsp3) is 0.133. The van der Waals surface area contributed by atoms with Crippen molar-refractivity contribution < 1.29 is 9.72 Å². The van der Waals surface area contributed by atoms with Crippen LogP contribution in [-0.2, 0) is 6.42 Å². The van der Waals surface area contributed by atoms with Crippen LogP contribution in [0.15, 0.2) is 48.5 Å². The van der Waals surface area contributed by atoms with Crippen molar-refractivity contribution in [3.63, 3.8) is 0 Å². The first-order valence-electron chi connectivity index (χ1n) is 6.22. The number of nitro benzene ring substituents is 1. The monoisotopic (exact) mass is 270 g/mol. The van der Waals surface area contributed by atoms with Crippen LogP contribution >= 0.6 is 0 Å². The van der Waals surface area contributed by atoms with Gasteiger partial charge in [-0.1, -0.05) is 36.4 Å². The van der Waals surface area contributed by atoms with E-state index < -0.39 is 4.92 Å². The van der Waals surface area contributed by atoms with Gasteiger partial charge in [0.05, 0.1) is 4.92 Å². The number of rotatable bonds is 6. The van der Waals surface area contributed by atoms with E-state index in [4.69, 9.17) is 0 Å². The van der Waals surface area contributed by atoms with E-state index in [0.717, 1.165) is 11.8 Å². The molecule has 102 valence electrons. The third-order valence-electron chi connectivity index (χ3n) is 2.99. The van der Waals surface area contributed by atoms with Crippen molar-refractivity contribution in [2.45, 2.75) is 6.42 Å². The number of carbonyl (C=O) groups excluding carboxylic acids is 1. The van der Waals surface area contributed by atoms with Gasteiger partial charge in [-0.2, -0.15) is 0 Å². The van der Waals surface area contributed by atoms with Gasteiger partial charge in [0.15, 0.2) is 0 Å². The average molecular weight is 270 g/mol. The lowest BCUT2D eigenvalue weighted by molar-refractivity contribution is -0.384. The van der Waals surface area contributed by atoms with Crippen LogP contribution in [0.3, 0.4) is 0 Å². The second kappa shape index (κ2) is 6.47. The number of nitrogens with one attached hydrogen (secondary N) is 1. The number of carbonyl (C=O) groups is 1. The molecule has 0 radical (unpaired) electrons. The molecule has 5 nitrogen and oxygen atoms in total. The summed E-state index contributed by atoms with van der Waals surface area (Å²) >= 11 is 0. The van der Waals surface area contributed by atoms with Gasteiger partial charge in [-0.15, -0.1) is 0 Å².